The van der Waals surface area contributed by atoms with Gasteiger partial charge in [-0.3, -0.25) is 0 Å². The number of hydrogen-bond acceptors (Lipinski definition) is 2. The van der Waals surface area contributed by atoms with Crippen LogP contribution in [0.1, 0.15) is 12.8 Å². The Kier molecular flexibility index (Phi) is 14.3. The van der Waals surface area contributed by atoms with Gasteiger partial charge in [0.1, 0.15) is 0 Å². The maximum Gasteiger partial charge on any atom is 0 e. The minimum Gasteiger partial charge on any atom is -0.330 e. The topological polar surface area (TPSA) is 52.0 Å². The van der Waals surface area contributed by atoms with Crippen LogP contribution in [0, 0.1) is 0 Å². The number of hydrogen-bond donors (Lipinski definition) is 2. The predicted octanol–water partition coefficient (Wildman–Crippen LogP) is -0.318. The summed E-state index contributed by atoms with van der Waals surface area (Å²) in [5, 5.41) is 0. The van der Waals surface area contributed by atoms with Crippen molar-refractivity contribution in [2.24, 2.45) is 11.5 Å². The van der Waals surface area contributed by atoms with Gasteiger partial charge in [0, 0.05) is 16.5 Å². The van der Waals surface area contributed by atoms with Crippen molar-refractivity contribution in [1.29, 1.82) is 0 Å². The van der Waals surface area contributed by atoms with Gasteiger partial charge < -0.3 is 11.5 Å². The summed E-state index contributed by atoms with van der Waals surface area (Å²) in [5.41, 5.74) is 10.3. The van der Waals surface area contributed by atoms with Crippen LogP contribution in [-0.2, 0) is 16.5 Å². The summed E-state index contributed by atoms with van der Waals surface area (Å²) in [7, 11) is 0. The molecule has 0 heterocycles. The van der Waals surface area contributed by atoms with Crippen molar-refractivity contribution in [1.82, 2.24) is 0 Å². The summed E-state index contributed by atoms with van der Waals surface area (Å²) in [6, 6.07) is 0. The van der Waals surface area contributed by atoms with Crippen LogP contribution in [0.5, 0.6) is 0 Å². The van der Waals surface area contributed by atoms with E-state index in [1.165, 1.54) is 0 Å². The maximum absolute atomic E-state index is 5.16. The first-order valence-corrected chi connectivity index (χ1v) is 2.32. The molecule has 0 aliphatic rings. The first-order valence-electron chi connectivity index (χ1n) is 2.32. The van der Waals surface area contributed by atoms with Crippen LogP contribution in [0.3, 0.4) is 0 Å². The summed E-state index contributed by atoms with van der Waals surface area (Å²) in [4.78, 5) is 0. The summed E-state index contributed by atoms with van der Waals surface area (Å²) < 4.78 is 0. The van der Waals surface area contributed by atoms with Gasteiger partial charge in [-0.25, -0.2) is 0 Å². The van der Waals surface area contributed by atoms with Crippen LogP contribution in [0.25, 0.3) is 0 Å². The molecule has 0 spiro atoms. The first kappa shape index (κ1) is 10.4. The normalized spacial score (nSPS) is 7.71. The Bertz CT molecular complexity index is 21.7. The molecule has 48 valence electrons. The Balaban J connectivity index is 0. The second kappa shape index (κ2) is 9.65. The van der Waals surface area contributed by atoms with Crippen LogP contribution < -0.4 is 11.5 Å². The average molecular weight is 147 g/mol. The third kappa shape index (κ3) is 10.7. The quantitative estimate of drug-likeness (QED) is 0.424. The van der Waals surface area contributed by atoms with Gasteiger partial charge in [0.25, 0.3) is 0 Å². The van der Waals surface area contributed by atoms with Crippen molar-refractivity contribution in [3.8, 4) is 0 Å². The van der Waals surface area contributed by atoms with Crippen molar-refractivity contribution >= 4 is 0 Å². The van der Waals surface area contributed by atoms with Gasteiger partial charge >= 0.3 is 0 Å². The van der Waals surface area contributed by atoms with Gasteiger partial charge in [-0.05, 0) is 25.9 Å². The summed E-state index contributed by atoms with van der Waals surface area (Å²) >= 11 is 0. The fourth-order valence-corrected chi connectivity index (χ4v) is 0.289. The van der Waals surface area contributed by atoms with E-state index < -0.39 is 0 Å². The van der Waals surface area contributed by atoms with Crippen LogP contribution in [0.2, 0.25) is 0 Å². The molecule has 0 atom stereocenters. The Morgan fingerprint density at radius 3 is 1.29 bits per heavy atom. The summed E-state index contributed by atoms with van der Waals surface area (Å²) in [6.07, 6.45) is 2.13. The van der Waals surface area contributed by atoms with E-state index in [4.69, 9.17) is 11.5 Å². The van der Waals surface area contributed by atoms with Gasteiger partial charge in [0.05, 0.1) is 0 Å². The molecule has 0 saturated heterocycles. The molecule has 4 N–H and O–H groups in total. The van der Waals surface area contributed by atoms with Gasteiger partial charge in [0.2, 0.25) is 0 Å². The van der Waals surface area contributed by atoms with Crippen LogP contribution in [0.4, 0.5) is 0 Å². The van der Waals surface area contributed by atoms with Gasteiger partial charge in [0.15, 0.2) is 0 Å². The second-order valence-corrected chi connectivity index (χ2v) is 1.28. The van der Waals surface area contributed by atoms with E-state index in [0.29, 0.717) is 0 Å². The smallest absolute Gasteiger partial charge is 0 e. The molecule has 0 aromatic carbocycles. The van der Waals surface area contributed by atoms with Gasteiger partial charge in [-0.1, -0.05) is 0 Å². The van der Waals surface area contributed by atoms with Crippen molar-refractivity contribution in [3.05, 3.63) is 0 Å². The van der Waals surface area contributed by atoms with E-state index in [1.807, 2.05) is 0 Å². The fraction of sp³-hybridized carbons (Fsp3) is 1.00. The molecule has 3 heteroatoms. The van der Waals surface area contributed by atoms with Crippen LogP contribution in [-0.4, -0.2) is 13.1 Å². The van der Waals surface area contributed by atoms with Crippen molar-refractivity contribution in [2.75, 3.05) is 13.1 Å². The molecule has 0 unspecified atom stereocenters. The van der Waals surface area contributed by atoms with E-state index in [2.05, 4.69) is 0 Å². The van der Waals surface area contributed by atoms with Gasteiger partial charge in [-0.15, -0.1) is 0 Å². The molecule has 0 radical (unpaired) electrons. The Hall–Kier alpha value is 0.414. The molecule has 0 aromatic rings. The molecule has 0 saturated carbocycles. The van der Waals surface area contributed by atoms with E-state index >= 15 is 0 Å². The molecule has 0 aromatic heterocycles. The van der Waals surface area contributed by atoms with Crippen LogP contribution >= 0.6 is 0 Å². The largest absolute Gasteiger partial charge is 0.330 e. The zero-order valence-electron chi connectivity index (χ0n) is 4.30. The zero-order valence-corrected chi connectivity index (χ0v) is 5.29. The maximum atomic E-state index is 5.16. The van der Waals surface area contributed by atoms with E-state index in [0.717, 1.165) is 25.9 Å². The van der Waals surface area contributed by atoms with Crippen molar-refractivity contribution in [3.63, 3.8) is 0 Å². The average Bonchev–Trinajstić information content (AvgIpc) is 1.61. The SMILES string of the molecule is NCCCCN.[Ni]. The molecule has 2 nitrogen and oxygen atoms in total. The Morgan fingerprint density at radius 2 is 1.14 bits per heavy atom. The third-order valence-corrected chi connectivity index (χ3v) is 0.658. The molecule has 0 aliphatic heterocycles. The molecule has 0 amide bonds. The molecular weight excluding hydrogens is 135 g/mol. The van der Waals surface area contributed by atoms with E-state index in [9.17, 15) is 0 Å². The first-order chi connectivity index (χ1) is 2.91. The standard InChI is InChI=1S/C4H12N2.Ni/c5-3-1-2-4-6;/h1-6H2;. The predicted molar refractivity (Wildman–Crippen MR) is 27.3 cm³/mol. The number of unbranched alkanes of at least 4 members (excludes halogenated alkanes) is 1. The summed E-state index contributed by atoms with van der Waals surface area (Å²) in [5.74, 6) is 0. The molecular formula is C4H12N2Ni. The summed E-state index contributed by atoms with van der Waals surface area (Å²) in [6.45, 7) is 1.55. The van der Waals surface area contributed by atoms with Crippen molar-refractivity contribution in [2.45, 2.75) is 12.8 Å². The molecule has 7 heavy (non-hydrogen) atoms. The third-order valence-electron chi connectivity index (χ3n) is 0.658. The Labute approximate surface area is 54.6 Å². The van der Waals surface area contributed by atoms with Gasteiger partial charge in [-0.2, -0.15) is 0 Å². The second-order valence-electron chi connectivity index (χ2n) is 1.28. The Morgan fingerprint density at radius 1 is 0.857 bits per heavy atom. The minimum atomic E-state index is 0. The number of rotatable bonds is 3. The molecule has 0 bridgehead atoms. The van der Waals surface area contributed by atoms with E-state index in [-0.39, 0.29) is 16.5 Å². The minimum absolute atomic E-state index is 0. The van der Waals surface area contributed by atoms with Crippen molar-refractivity contribution < 1.29 is 16.5 Å². The molecule has 0 fully saturated rings. The number of nitrogens with two attached hydrogens (primary N) is 2. The van der Waals surface area contributed by atoms with Crippen LogP contribution in [0.15, 0.2) is 0 Å². The zero-order chi connectivity index (χ0) is 4.83. The monoisotopic (exact) mass is 146 g/mol. The van der Waals surface area contributed by atoms with E-state index in [1.54, 1.807) is 0 Å². The fourth-order valence-electron chi connectivity index (χ4n) is 0.289. The molecule has 0 rings (SSSR count). The molecule has 0 aliphatic carbocycles.